The first kappa shape index (κ1) is 20.0. The summed E-state index contributed by atoms with van der Waals surface area (Å²) in [5.74, 6) is 0.0635. The summed E-state index contributed by atoms with van der Waals surface area (Å²) >= 11 is 5.17. The van der Waals surface area contributed by atoms with Crippen molar-refractivity contribution in [2.45, 2.75) is 0 Å². The Labute approximate surface area is 171 Å². The number of fused-ring (bicyclic) bond motifs is 1. The highest BCUT2D eigenvalue weighted by molar-refractivity contribution is 7.80. The van der Waals surface area contributed by atoms with Gasteiger partial charge in [0.15, 0.2) is 10.9 Å². The van der Waals surface area contributed by atoms with E-state index in [-0.39, 0.29) is 16.5 Å². The van der Waals surface area contributed by atoms with Crippen LogP contribution in [0.15, 0.2) is 54.6 Å². The van der Waals surface area contributed by atoms with Crippen LogP contribution in [0.5, 0.6) is 11.5 Å². The third-order valence-electron chi connectivity index (χ3n) is 4.17. The smallest absolute Gasteiger partial charge is 0.312 e. The van der Waals surface area contributed by atoms with E-state index in [0.29, 0.717) is 17.0 Å². The van der Waals surface area contributed by atoms with Gasteiger partial charge in [-0.2, -0.15) is 0 Å². The van der Waals surface area contributed by atoms with Crippen LogP contribution in [-0.4, -0.2) is 30.2 Å². The molecule has 0 saturated carbocycles. The summed E-state index contributed by atoms with van der Waals surface area (Å²) in [5.41, 5.74) is 0.437. The monoisotopic (exact) mass is 411 g/mol. The number of methoxy groups -OCH3 is 2. The predicted octanol–water partition coefficient (Wildman–Crippen LogP) is 3.89. The van der Waals surface area contributed by atoms with Gasteiger partial charge in [-0.1, -0.05) is 24.3 Å². The van der Waals surface area contributed by atoms with Crippen LogP contribution in [0, 0.1) is 10.1 Å². The van der Waals surface area contributed by atoms with Crippen LogP contribution in [0.25, 0.3) is 10.8 Å². The molecule has 2 N–H and O–H groups in total. The third kappa shape index (κ3) is 4.41. The lowest BCUT2D eigenvalue weighted by molar-refractivity contribution is -0.385. The second-order valence-electron chi connectivity index (χ2n) is 5.95. The minimum absolute atomic E-state index is 0.00956. The Balaban J connectivity index is 1.79. The molecule has 0 spiro atoms. The second-order valence-corrected chi connectivity index (χ2v) is 6.36. The summed E-state index contributed by atoms with van der Waals surface area (Å²) in [6.07, 6.45) is 0. The normalized spacial score (nSPS) is 10.3. The summed E-state index contributed by atoms with van der Waals surface area (Å²) in [6.45, 7) is 0. The topological polar surface area (TPSA) is 103 Å². The molecule has 0 bridgehead atoms. The van der Waals surface area contributed by atoms with Crippen molar-refractivity contribution < 1.29 is 19.2 Å². The summed E-state index contributed by atoms with van der Waals surface area (Å²) < 4.78 is 10.3. The van der Waals surface area contributed by atoms with Crippen molar-refractivity contribution in [3.05, 3.63) is 70.3 Å². The Morgan fingerprint density at radius 1 is 1.00 bits per heavy atom. The lowest BCUT2D eigenvalue weighted by Crippen LogP contribution is -2.34. The van der Waals surface area contributed by atoms with Gasteiger partial charge in [0.1, 0.15) is 5.75 Å². The standard InChI is InChI=1S/C20H17N3O5S/c1-27-17-8-7-14(11-16(17)23(25)26)21-20(29)22-19(24)15-9-12-5-3-4-6-13(12)10-18(15)28-2/h3-11H,1-2H3,(H2,21,22,24,29). The fourth-order valence-electron chi connectivity index (χ4n) is 2.81. The molecule has 3 aromatic carbocycles. The van der Waals surface area contributed by atoms with Crippen LogP contribution < -0.4 is 20.1 Å². The maximum atomic E-state index is 12.7. The van der Waals surface area contributed by atoms with Crippen molar-refractivity contribution >= 4 is 45.4 Å². The number of nitro groups is 1. The molecule has 0 aliphatic heterocycles. The molecule has 0 unspecified atom stereocenters. The Hall–Kier alpha value is -3.72. The fourth-order valence-corrected chi connectivity index (χ4v) is 3.02. The number of thiocarbonyl (C=S) groups is 1. The molecule has 0 fully saturated rings. The number of hydrogen-bond donors (Lipinski definition) is 2. The van der Waals surface area contributed by atoms with E-state index >= 15 is 0 Å². The van der Waals surface area contributed by atoms with E-state index in [1.807, 2.05) is 24.3 Å². The maximum Gasteiger partial charge on any atom is 0.312 e. The minimum Gasteiger partial charge on any atom is -0.496 e. The zero-order chi connectivity index (χ0) is 21.0. The highest BCUT2D eigenvalue weighted by Crippen LogP contribution is 2.30. The molecule has 0 heterocycles. The Morgan fingerprint density at radius 3 is 2.28 bits per heavy atom. The molecule has 1 amide bonds. The van der Waals surface area contributed by atoms with Crippen LogP contribution in [-0.2, 0) is 0 Å². The lowest BCUT2D eigenvalue weighted by Gasteiger charge is -2.13. The van der Waals surface area contributed by atoms with Gasteiger partial charge < -0.3 is 14.8 Å². The Bertz CT molecular complexity index is 1120. The number of anilines is 1. The van der Waals surface area contributed by atoms with Crippen LogP contribution in [0.2, 0.25) is 0 Å². The number of nitro benzene ring substituents is 1. The number of hydrogen-bond acceptors (Lipinski definition) is 6. The molecule has 3 rings (SSSR count). The summed E-state index contributed by atoms with van der Waals surface area (Å²) in [5, 5.41) is 18.3. The van der Waals surface area contributed by atoms with E-state index in [1.54, 1.807) is 18.2 Å². The highest BCUT2D eigenvalue weighted by atomic mass is 32.1. The summed E-state index contributed by atoms with van der Waals surface area (Å²) in [4.78, 5) is 23.3. The molecule has 0 aliphatic carbocycles. The van der Waals surface area contributed by atoms with Crippen molar-refractivity contribution in [3.8, 4) is 11.5 Å². The average Bonchev–Trinajstić information content (AvgIpc) is 2.72. The van der Waals surface area contributed by atoms with E-state index in [9.17, 15) is 14.9 Å². The first-order valence-electron chi connectivity index (χ1n) is 8.44. The average molecular weight is 411 g/mol. The van der Waals surface area contributed by atoms with Crippen LogP contribution >= 0.6 is 12.2 Å². The van der Waals surface area contributed by atoms with Crippen LogP contribution in [0.3, 0.4) is 0 Å². The van der Waals surface area contributed by atoms with Crippen LogP contribution in [0.4, 0.5) is 11.4 Å². The van der Waals surface area contributed by atoms with Crippen molar-refractivity contribution in [1.29, 1.82) is 0 Å². The van der Waals surface area contributed by atoms with Gasteiger partial charge >= 0.3 is 5.69 Å². The molecule has 148 valence electrons. The SMILES string of the molecule is COc1cc2ccccc2cc1C(=O)NC(=S)Nc1ccc(OC)c([N+](=O)[O-])c1. The molecule has 0 aliphatic rings. The van der Waals surface area contributed by atoms with Gasteiger partial charge in [-0.05, 0) is 47.3 Å². The number of amides is 1. The van der Waals surface area contributed by atoms with E-state index in [2.05, 4.69) is 10.6 Å². The number of carbonyl (C=O) groups excluding carboxylic acids is 1. The number of ether oxygens (including phenoxy) is 2. The fraction of sp³-hybridized carbons (Fsp3) is 0.100. The van der Waals surface area contributed by atoms with Gasteiger partial charge in [0.25, 0.3) is 5.91 Å². The predicted molar refractivity (Wildman–Crippen MR) is 114 cm³/mol. The van der Waals surface area contributed by atoms with E-state index in [4.69, 9.17) is 21.7 Å². The second kappa shape index (κ2) is 8.53. The first-order valence-corrected chi connectivity index (χ1v) is 8.85. The third-order valence-corrected chi connectivity index (χ3v) is 4.38. The van der Waals surface area contributed by atoms with Gasteiger partial charge in [-0.15, -0.1) is 0 Å². The van der Waals surface area contributed by atoms with Gasteiger partial charge in [0.05, 0.1) is 24.7 Å². The van der Waals surface area contributed by atoms with E-state index in [0.717, 1.165) is 10.8 Å². The largest absolute Gasteiger partial charge is 0.496 e. The molecule has 0 atom stereocenters. The quantitative estimate of drug-likeness (QED) is 0.373. The summed E-state index contributed by atoms with van der Waals surface area (Å²) in [7, 11) is 2.82. The van der Waals surface area contributed by atoms with Crippen molar-refractivity contribution in [2.24, 2.45) is 0 Å². The molecule has 29 heavy (non-hydrogen) atoms. The number of benzene rings is 3. The molecular formula is C20H17N3O5S. The van der Waals surface area contributed by atoms with E-state index < -0.39 is 10.8 Å². The minimum atomic E-state index is -0.564. The van der Waals surface area contributed by atoms with Gasteiger partial charge in [-0.25, -0.2) is 0 Å². The number of carbonyl (C=O) groups is 1. The van der Waals surface area contributed by atoms with Crippen molar-refractivity contribution in [1.82, 2.24) is 5.32 Å². The highest BCUT2D eigenvalue weighted by Gasteiger charge is 2.18. The van der Waals surface area contributed by atoms with Gasteiger partial charge in [0, 0.05) is 11.8 Å². The Morgan fingerprint density at radius 2 is 1.66 bits per heavy atom. The molecule has 9 heteroatoms. The number of nitrogens with one attached hydrogen (secondary N) is 2. The zero-order valence-electron chi connectivity index (χ0n) is 15.6. The summed E-state index contributed by atoms with van der Waals surface area (Å²) in [6, 6.07) is 15.3. The zero-order valence-corrected chi connectivity index (χ0v) is 16.4. The maximum absolute atomic E-state index is 12.7. The molecule has 8 nitrogen and oxygen atoms in total. The molecule has 0 radical (unpaired) electrons. The first-order chi connectivity index (χ1) is 13.9. The van der Waals surface area contributed by atoms with Crippen molar-refractivity contribution in [3.63, 3.8) is 0 Å². The van der Waals surface area contributed by atoms with Crippen LogP contribution in [0.1, 0.15) is 10.4 Å². The Kier molecular flexibility index (Phi) is 5.89. The number of nitrogens with zero attached hydrogens (tertiary/aromatic N) is 1. The van der Waals surface area contributed by atoms with Gasteiger partial charge in [-0.3, -0.25) is 20.2 Å². The van der Waals surface area contributed by atoms with Crippen molar-refractivity contribution in [2.75, 3.05) is 19.5 Å². The molecule has 0 saturated heterocycles. The lowest BCUT2D eigenvalue weighted by atomic mass is 10.1. The van der Waals surface area contributed by atoms with E-state index in [1.165, 1.54) is 26.4 Å². The molecule has 0 aromatic heterocycles. The number of rotatable bonds is 5. The molecule has 3 aromatic rings. The molecular weight excluding hydrogens is 394 g/mol. The van der Waals surface area contributed by atoms with Gasteiger partial charge in [0.2, 0.25) is 0 Å².